The molecule has 0 fully saturated rings. The molecular weight excluding hydrogens is 258 g/mol. The summed E-state index contributed by atoms with van der Waals surface area (Å²) in [5.74, 6) is 0. The van der Waals surface area contributed by atoms with Crippen LogP contribution in [-0.2, 0) is 19.4 Å². The number of rotatable bonds is 2. The summed E-state index contributed by atoms with van der Waals surface area (Å²) in [6.07, 6.45) is 8.46. The van der Waals surface area contributed by atoms with Gasteiger partial charge in [-0.2, -0.15) is 0 Å². The lowest BCUT2D eigenvalue weighted by molar-refractivity contribution is 0.609. The molecule has 2 heterocycles. The van der Waals surface area contributed by atoms with Crippen molar-refractivity contribution in [3.63, 3.8) is 0 Å². The molecule has 0 bridgehead atoms. The molecule has 3 nitrogen and oxygen atoms in total. The van der Waals surface area contributed by atoms with Gasteiger partial charge in [0.05, 0.1) is 0 Å². The molecule has 3 rings (SSSR count). The van der Waals surface area contributed by atoms with Gasteiger partial charge in [0, 0.05) is 29.0 Å². The number of hydrogen-bond donors (Lipinski definition) is 1. The van der Waals surface area contributed by atoms with E-state index in [4.69, 9.17) is 10.7 Å². The van der Waals surface area contributed by atoms with Crippen molar-refractivity contribution >= 4 is 16.7 Å². The van der Waals surface area contributed by atoms with Crippen molar-refractivity contribution in [3.05, 3.63) is 22.5 Å². The number of aromatic nitrogens is 2. The number of nitrogens with zero attached hydrogens (tertiary/aromatic N) is 2. The maximum Gasteiger partial charge on any atom is 0.142 e. The van der Waals surface area contributed by atoms with Crippen LogP contribution >= 0.6 is 0 Å². The van der Waals surface area contributed by atoms with Gasteiger partial charge in [0.25, 0.3) is 0 Å². The topological polar surface area (TPSA) is 43.8 Å². The van der Waals surface area contributed by atoms with E-state index in [-0.39, 0.29) is 0 Å². The van der Waals surface area contributed by atoms with Gasteiger partial charge in [-0.15, -0.1) is 0 Å². The van der Waals surface area contributed by atoms with Gasteiger partial charge in [0.15, 0.2) is 0 Å². The van der Waals surface area contributed by atoms with Crippen LogP contribution < -0.4 is 5.73 Å². The third kappa shape index (κ3) is 2.33. The number of anilines is 1. The van der Waals surface area contributed by atoms with Crippen LogP contribution in [0.5, 0.6) is 0 Å². The molecule has 0 aliphatic heterocycles. The first kappa shape index (κ1) is 14.4. The first-order chi connectivity index (χ1) is 10.1. The zero-order valence-corrected chi connectivity index (χ0v) is 13.6. The van der Waals surface area contributed by atoms with Gasteiger partial charge in [0.2, 0.25) is 0 Å². The average molecular weight is 285 g/mol. The lowest BCUT2D eigenvalue weighted by Gasteiger charge is -2.17. The first-order valence-corrected chi connectivity index (χ1v) is 8.41. The average Bonchev–Trinajstić information content (AvgIpc) is 2.66. The third-order valence-electron chi connectivity index (χ3n) is 5.02. The Balaban J connectivity index is 2.27. The largest absolute Gasteiger partial charge is 0.398 e. The number of fused-ring (bicyclic) bond motifs is 2. The molecule has 0 spiro atoms. The molecule has 114 valence electrons. The van der Waals surface area contributed by atoms with E-state index >= 15 is 0 Å². The molecule has 21 heavy (non-hydrogen) atoms. The zero-order valence-electron chi connectivity index (χ0n) is 13.6. The van der Waals surface area contributed by atoms with Crippen LogP contribution in [0.25, 0.3) is 11.0 Å². The highest BCUT2D eigenvalue weighted by Crippen LogP contribution is 2.34. The standard InChI is InChI=1S/C18H27N3/c1-4-11-21-13(3)12(2)16-17(19)14-9-7-5-6-8-10-15(14)20-18(16)21/h4-11H2,1-3H3,(H2,19,20). The second-order valence-electron chi connectivity index (χ2n) is 6.43. The van der Waals surface area contributed by atoms with Gasteiger partial charge in [-0.1, -0.05) is 19.8 Å². The molecular formula is C18H27N3. The second kappa shape index (κ2) is 5.70. The van der Waals surface area contributed by atoms with Crippen LogP contribution in [0.15, 0.2) is 0 Å². The van der Waals surface area contributed by atoms with Gasteiger partial charge in [-0.3, -0.25) is 0 Å². The van der Waals surface area contributed by atoms with Gasteiger partial charge in [-0.05, 0) is 57.1 Å². The Morgan fingerprint density at radius 3 is 2.52 bits per heavy atom. The normalized spacial score (nSPS) is 15.8. The number of pyridine rings is 1. The van der Waals surface area contributed by atoms with Crippen molar-refractivity contribution in [1.29, 1.82) is 0 Å². The smallest absolute Gasteiger partial charge is 0.142 e. The van der Waals surface area contributed by atoms with Crippen molar-refractivity contribution in [3.8, 4) is 0 Å². The molecule has 1 aliphatic rings. The summed E-state index contributed by atoms with van der Waals surface area (Å²) in [4.78, 5) is 5.06. The molecule has 2 aromatic heterocycles. The summed E-state index contributed by atoms with van der Waals surface area (Å²) in [6, 6.07) is 0. The Kier molecular flexibility index (Phi) is 3.92. The van der Waals surface area contributed by atoms with Crippen molar-refractivity contribution in [1.82, 2.24) is 9.55 Å². The predicted octanol–water partition coefficient (Wildman–Crippen LogP) is 4.30. The molecule has 0 atom stereocenters. The Morgan fingerprint density at radius 2 is 1.81 bits per heavy atom. The minimum Gasteiger partial charge on any atom is -0.398 e. The summed E-state index contributed by atoms with van der Waals surface area (Å²) in [6.45, 7) is 7.64. The highest BCUT2D eigenvalue weighted by Gasteiger charge is 2.20. The van der Waals surface area contributed by atoms with Gasteiger partial charge < -0.3 is 10.3 Å². The van der Waals surface area contributed by atoms with Crippen LogP contribution in [0.3, 0.4) is 0 Å². The Hall–Kier alpha value is -1.51. The van der Waals surface area contributed by atoms with Crippen molar-refractivity contribution in [2.75, 3.05) is 5.73 Å². The fourth-order valence-corrected chi connectivity index (χ4v) is 3.72. The van der Waals surface area contributed by atoms with E-state index in [2.05, 4.69) is 25.3 Å². The van der Waals surface area contributed by atoms with Crippen molar-refractivity contribution < 1.29 is 0 Å². The third-order valence-corrected chi connectivity index (χ3v) is 5.02. The van der Waals surface area contributed by atoms with Crippen LogP contribution in [0.2, 0.25) is 0 Å². The van der Waals surface area contributed by atoms with E-state index in [1.54, 1.807) is 0 Å². The SMILES string of the molecule is CCCn1c(C)c(C)c2c(N)c3c(nc21)CCCCCC3. The number of aryl methyl sites for hydroxylation is 3. The summed E-state index contributed by atoms with van der Waals surface area (Å²) in [5, 5.41) is 1.21. The fourth-order valence-electron chi connectivity index (χ4n) is 3.72. The highest BCUT2D eigenvalue weighted by atomic mass is 15.1. The number of nitrogens with two attached hydrogens (primary N) is 1. The van der Waals surface area contributed by atoms with Gasteiger partial charge in [0.1, 0.15) is 5.65 Å². The van der Waals surface area contributed by atoms with Crippen LogP contribution in [0.1, 0.15) is 61.5 Å². The van der Waals surface area contributed by atoms with Crippen molar-refractivity contribution in [2.45, 2.75) is 72.3 Å². The van der Waals surface area contributed by atoms with Gasteiger partial charge >= 0.3 is 0 Å². The molecule has 3 heteroatoms. The van der Waals surface area contributed by atoms with Crippen LogP contribution in [0, 0.1) is 13.8 Å². The molecule has 2 N–H and O–H groups in total. The minimum absolute atomic E-state index is 1.01. The monoisotopic (exact) mass is 285 g/mol. The zero-order chi connectivity index (χ0) is 15.0. The van der Waals surface area contributed by atoms with E-state index < -0.39 is 0 Å². The molecule has 1 aliphatic carbocycles. The predicted molar refractivity (Wildman–Crippen MR) is 89.8 cm³/mol. The minimum atomic E-state index is 1.01. The van der Waals surface area contributed by atoms with Gasteiger partial charge in [-0.25, -0.2) is 4.98 Å². The first-order valence-electron chi connectivity index (χ1n) is 8.41. The second-order valence-corrected chi connectivity index (χ2v) is 6.43. The number of nitrogen functional groups attached to an aromatic ring is 1. The molecule has 0 saturated carbocycles. The lowest BCUT2D eigenvalue weighted by Crippen LogP contribution is -2.09. The summed E-state index contributed by atoms with van der Waals surface area (Å²) in [7, 11) is 0. The Bertz CT molecular complexity index is 667. The van der Waals surface area contributed by atoms with Crippen molar-refractivity contribution in [2.24, 2.45) is 0 Å². The van der Waals surface area contributed by atoms with E-state index in [0.29, 0.717) is 0 Å². The lowest BCUT2D eigenvalue weighted by atomic mass is 9.94. The maximum atomic E-state index is 6.59. The maximum absolute atomic E-state index is 6.59. The summed E-state index contributed by atoms with van der Waals surface area (Å²) in [5.41, 5.74) is 13.9. The fraction of sp³-hybridized carbons (Fsp3) is 0.611. The number of hydrogen-bond acceptors (Lipinski definition) is 2. The van der Waals surface area contributed by atoms with E-state index in [0.717, 1.165) is 37.1 Å². The quantitative estimate of drug-likeness (QED) is 0.893. The molecule has 0 aromatic carbocycles. The van der Waals surface area contributed by atoms with Crippen LogP contribution in [0.4, 0.5) is 5.69 Å². The summed E-state index contributed by atoms with van der Waals surface area (Å²) < 4.78 is 2.36. The van der Waals surface area contributed by atoms with E-state index in [1.807, 2.05) is 0 Å². The molecule has 0 amide bonds. The molecule has 2 aromatic rings. The molecule has 0 radical (unpaired) electrons. The highest BCUT2D eigenvalue weighted by molar-refractivity contribution is 5.95. The van der Waals surface area contributed by atoms with E-state index in [1.165, 1.54) is 53.6 Å². The summed E-state index contributed by atoms with van der Waals surface area (Å²) >= 11 is 0. The Morgan fingerprint density at radius 1 is 1.10 bits per heavy atom. The van der Waals surface area contributed by atoms with E-state index in [9.17, 15) is 0 Å². The van der Waals surface area contributed by atoms with Crippen LogP contribution in [-0.4, -0.2) is 9.55 Å². The molecule has 0 saturated heterocycles. The molecule has 0 unspecified atom stereocenters. The Labute approximate surface area is 127 Å².